The second-order valence-corrected chi connectivity index (χ2v) is 4.89. The molecule has 8 nitrogen and oxygen atoms in total. The summed E-state index contributed by atoms with van der Waals surface area (Å²) >= 11 is 0. The van der Waals surface area contributed by atoms with Crippen molar-refractivity contribution in [2.24, 2.45) is 5.92 Å². The van der Waals surface area contributed by atoms with Crippen LogP contribution >= 0.6 is 0 Å². The maximum Gasteiger partial charge on any atom is 0.328 e. The number of nitrogens with zero attached hydrogens (tertiary/aromatic N) is 1. The third-order valence-corrected chi connectivity index (χ3v) is 3.32. The Hall–Kier alpha value is -1.83. The number of aliphatic hydroxyl groups is 1. The lowest BCUT2D eigenvalue weighted by molar-refractivity contribution is -0.140. The Bertz CT molecular complexity index is 366. The monoisotopic (exact) mass is 287 g/mol. The Kier molecular flexibility index (Phi) is 6.23. The van der Waals surface area contributed by atoms with Crippen LogP contribution in [0.1, 0.15) is 19.8 Å². The zero-order chi connectivity index (χ0) is 15.1. The molecule has 20 heavy (non-hydrogen) atoms. The van der Waals surface area contributed by atoms with Crippen LogP contribution < -0.4 is 10.6 Å². The minimum atomic E-state index is -1.28. The van der Waals surface area contributed by atoms with E-state index in [0.29, 0.717) is 25.6 Å². The number of hydrogen-bond acceptors (Lipinski definition) is 4. The molecular weight excluding hydrogens is 266 g/mol. The maximum atomic E-state index is 11.8. The molecule has 0 aromatic heterocycles. The van der Waals surface area contributed by atoms with Crippen LogP contribution in [0.2, 0.25) is 0 Å². The van der Waals surface area contributed by atoms with Crippen LogP contribution in [0.3, 0.4) is 0 Å². The topological polar surface area (TPSA) is 119 Å². The lowest BCUT2D eigenvalue weighted by Crippen LogP contribution is -2.51. The van der Waals surface area contributed by atoms with Gasteiger partial charge in [-0.15, -0.1) is 0 Å². The van der Waals surface area contributed by atoms with Crippen molar-refractivity contribution in [3.8, 4) is 0 Å². The van der Waals surface area contributed by atoms with E-state index >= 15 is 0 Å². The number of likely N-dealkylation sites (tertiary alicyclic amines) is 1. The van der Waals surface area contributed by atoms with Gasteiger partial charge in [0.05, 0.1) is 6.61 Å². The Labute approximate surface area is 117 Å². The molecule has 1 atom stereocenters. The van der Waals surface area contributed by atoms with Crippen molar-refractivity contribution in [1.82, 2.24) is 15.5 Å². The zero-order valence-electron chi connectivity index (χ0n) is 11.5. The van der Waals surface area contributed by atoms with Gasteiger partial charge in [0.15, 0.2) is 6.04 Å². The molecule has 0 spiro atoms. The van der Waals surface area contributed by atoms with Crippen molar-refractivity contribution in [3.05, 3.63) is 0 Å². The summed E-state index contributed by atoms with van der Waals surface area (Å²) in [4.78, 5) is 34.9. The number of carbonyl (C=O) groups is 3. The average Bonchev–Trinajstić information content (AvgIpc) is 2.42. The summed E-state index contributed by atoms with van der Waals surface area (Å²) in [5.74, 6) is -1.00. The second-order valence-electron chi connectivity index (χ2n) is 4.89. The van der Waals surface area contributed by atoms with E-state index in [2.05, 4.69) is 10.6 Å². The number of urea groups is 1. The van der Waals surface area contributed by atoms with Gasteiger partial charge >= 0.3 is 12.0 Å². The first-order chi connectivity index (χ1) is 9.43. The average molecular weight is 287 g/mol. The first-order valence-electron chi connectivity index (χ1n) is 6.57. The highest BCUT2D eigenvalue weighted by molar-refractivity contribution is 5.82. The van der Waals surface area contributed by atoms with Crippen LogP contribution in [0.25, 0.3) is 0 Å². The van der Waals surface area contributed by atoms with E-state index in [1.54, 1.807) is 0 Å². The number of aliphatic carboxylic acids is 1. The molecule has 0 bridgehead atoms. The molecule has 1 aliphatic rings. The Morgan fingerprint density at radius 2 is 1.90 bits per heavy atom. The fourth-order valence-corrected chi connectivity index (χ4v) is 2.05. The Morgan fingerprint density at radius 1 is 1.30 bits per heavy atom. The summed E-state index contributed by atoms with van der Waals surface area (Å²) in [6.07, 6.45) is 1.51. The highest BCUT2D eigenvalue weighted by Gasteiger charge is 2.26. The van der Waals surface area contributed by atoms with Gasteiger partial charge in [-0.3, -0.25) is 4.79 Å². The summed E-state index contributed by atoms with van der Waals surface area (Å²) in [5.41, 5.74) is 0. The quantitative estimate of drug-likeness (QED) is 0.516. The van der Waals surface area contributed by atoms with Gasteiger partial charge in [0, 0.05) is 26.6 Å². The molecular formula is C12H21N3O5. The van der Waals surface area contributed by atoms with Crippen LogP contribution in [-0.2, 0) is 9.59 Å². The fourth-order valence-electron chi connectivity index (χ4n) is 2.05. The van der Waals surface area contributed by atoms with Gasteiger partial charge in [-0.05, 0) is 18.8 Å². The number of nitrogens with one attached hydrogen (secondary N) is 2. The molecule has 1 aliphatic heterocycles. The molecule has 114 valence electrons. The molecule has 1 fully saturated rings. The number of aliphatic hydroxyl groups excluding tert-OH is 1. The van der Waals surface area contributed by atoms with Crippen molar-refractivity contribution in [1.29, 1.82) is 0 Å². The molecule has 1 rings (SSSR count). The van der Waals surface area contributed by atoms with E-state index in [1.165, 1.54) is 11.8 Å². The number of carbonyl (C=O) groups excluding carboxylic acids is 2. The van der Waals surface area contributed by atoms with Gasteiger partial charge < -0.3 is 25.7 Å². The van der Waals surface area contributed by atoms with Crippen LogP contribution in [0.15, 0.2) is 0 Å². The summed E-state index contributed by atoms with van der Waals surface area (Å²) in [6.45, 7) is 2.43. The summed E-state index contributed by atoms with van der Waals surface area (Å²) in [7, 11) is 0. The second kappa shape index (κ2) is 7.68. The van der Waals surface area contributed by atoms with E-state index in [-0.39, 0.29) is 5.91 Å². The summed E-state index contributed by atoms with van der Waals surface area (Å²) < 4.78 is 0. The van der Waals surface area contributed by atoms with E-state index in [1.807, 2.05) is 0 Å². The van der Waals surface area contributed by atoms with Crippen LogP contribution in [0.5, 0.6) is 0 Å². The van der Waals surface area contributed by atoms with Gasteiger partial charge in [0.1, 0.15) is 0 Å². The molecule has 0 radical (unpaired) electrons. The number of carboxylic acid groups (broad SMARTS) is 1. The minimum Gasteiger partial charge on any atom is -0.480 e. The number of carboxylic acids is 1. The largest absolute Gasteiger partial charge is 0.480 e. The zero-order valence-corrected chi connectivity index (χ0v) is 11.5. The predicted molar refractivity (Wildman–Crippen MR) is 70.0 cm³/mol. The van der Waals surface area contributed by atoms with Crippen molar-refractivity contribution in [2.75, 3.05) is 26.2 Å². The Morgan fingerprint density at radius 3 is 2.35 bits per heavy atom. The molecule has 0 aliphatic carbocycles. The number of piperidine rings is 1. The highest BCUT2D eigenvalue weighted by atomic mass is 16.4. The van der Waals surface area contributed by atoms with Crippen LogP contribution in [0.4, 0.5) is 4.79 Å². The standard InChI is InChI=1S/C12H21N3O5/c1-8(17)13-6-9-2-4-15(5-3-9)12(20)14-10(7-16)11(18)19/h9-10,16H,2-7H2,1H3,(H,13,17)(H,14,20)(H,18,19). The first-order valence-corrected chi connectivity index (χ1v) is 6.57. The number of rotatable bonds is 5. The molecule has 1 heterocycles. The molecule has 0 saturated carbocycles. The van der Waals surface area contributed by atoms with Crippen LogP contribution in [0, 0.1) is 5.92 Å². The Balaban J connectivity index is 2.35. The van der Waals surface area contributed by atoms with E-state index in [0.717, 1.165) is 12.8 Å². The molecule has 3 amide bonds. The van der Waals surface area contributed by atoms with Gasteiger partial charge in [0.2, 0.25) is 5.91 Å². The normalized spacial score (nSPS) is 17.4. The molecule has 0 aromatic rings. The first kappa shape index (κ1) is 16.2. The number of amides is 3. The van der Waals surface area contributed by atoms with Gasteiger partial charge in [-0.25, -0.2) is 9.59 Å². The smallest absolute Gasteiger partial charge is 0.328 e. The van der Waals surface area contributed by atoms with Crippen molar-refractivity contribution in [3.63, 3.8) is 0 Å². The maximum absolute atomic E-state index is 11.8. The van der Waals surface area contributed by atoms with Crippen LogP contribution in [-0.4, -0.2) is 65.3 Å². The van der Waals surface area contributed by atoms with Gasteiger partial charge in [0.25, 0.3) is 0 Å². The third-order valence-electron chi connectivity index (χ3n) is 3.32. The minimum absolute atomic E-state index is 0.0718. The van der Waals surface area contributed by atoms with Crippen molar-refractivity contribution >= 4 is 17.9 Å². The molecule has 4 N–H and O–H groups in total. The third kappa shape index (κ3) is 5.04. The molecule has 8 heteroatoms. The SMILES string of the molecule is CC(=O)NCC1CCN(C(=O)NC(CO)C(=O)O)CC1. The summed E-state index contributed by atoms with van der Waals surface area (Å²) in [6, 6.07) is -1.76. The van der Waals surface area contributed by atoms with E-state index in [9.17, 15) is 14.4 Å². The summed E-state index contributed by atoms with van der Waals surface area (Å²) in [5, 5.41) is 22.6. The molecule has 1 unspecified atom stereocenters. The van der Waals surface area contributed by atoms with E-state index < -0.39 is 24.6 Å². The fraction of sp³-hybridized carbons (Fsp3) is 0.750. The highest BCUT2D eigenvalue weighted by Crippen LogP contribution is 2.16. The lowest BCUT2D eigenvalue weighted by atomic mass is 9.97. The predicted octanol–water partition coefficient (Wildman–Crippen LogP) is -1.01. The molecule has 1 saturated heterocycles. The molecule has 0 aromatic carbocycles. The van der Waals surface area contributed by atoms with Crippen molar-refractivity contribution in [2.45, 2.75) is 25.8 Å². The van der Waals surface area contributed by atoms with Crippen molar-refractivity contribution < 1.29 is 24.6 Å². The van der Waals surface area contributed by atoms with E-state index in [4.69, 9.17) is 10.2 Å². The lowest BCUT2D eigenvalue weighted by Gasteiger charge is -2.32. The van der Waals surface area contributed by atoms with Gasteiger partial charge in [-0.1, -0.05) is 0 Å². The number of hydrogen-bond donors (Lipinski definition) is 4. The van der Waals surface area contributed by atoms with Gasteiger partial charge in [-0.2, -0.15) is 0 Å².